The number of carbonyl (C=O) groups is 2. The van der Waals surface area contributed by atoms with Crippen LogP contribution in [-0.2, 0) is 10.2 Å². The molecule has 214 valence electrons. The molecule has 1 aromatic heterocycles. The predicted molar refractivity (Wildman–Crippen MR) is 169 cm³/mol. The lowest BCUT2D eigenvalue weighted by atomic mass is 9.82. The van der Waals surface area contributed by atoms with Crippen LogP contribution in [0.15, 0.2) is 103 Å². The second-order valence-electron chi connectivity index (χ2n) is 11.7. The van der Waals surface area contributed by atoms with Crippen LogP contribution in [0.1, 0.15) is 48.3 Å². The standard InChI is InChI=1S/C36H31N3O4/c1-36(2,3)27-16-14-23(21-10-6-4-7-11-21)19-26(27)33-37-28-17-15-24-18-25(20-29(40)30(24)32(28)38-33)34(41)39-31(35(42)43)22-12-8-5-9-13-22/h4-20,31,40H,1-3H3,(H,37,38)(H,39,41)(H,42,43)/t31-/m0/s1. The van der Waals surface area contributed by atoms with Gasteiger partial charge in [-0.2, -0.15) is 0 Å². The monoisotopic (exact) mass is 569 g/mol. The summed E-state index contributed by atoms with van der Waals surface area (Å²) in [6.45, 7) is 6.49. The van der Waals surface area contributed by atoms with Crippen LogP contribution < -0.4 is 5.32 Å². The Morgan fingerprint density at radius 2 is 1.53 bits per heavy atom. The van der Waals surface area contributed by atoms with E-state index in [2.05, 4.69) is 61.4 Å². The average Bonchev–Trinajstić information content (AvgIpc) is 3.44. The third-order valence-electron chi connectivity index (χ3n) is 7.65. The van der Waals surface area contributed by atoms with Crippen LogP contribution in [0.3, 0.4) is 0 Å². The molecule has 0 radical (unpaired) electrons. The maximum absolute atomic E-state index is 13.2. The zero-order valence-corrected chi connectivity index (χ0v) is 24.1. The van der Waals surface area contributed by atoms with E-state index in [4.69, 9.17) is 4.98 Å². The van der Waals surface area contributed by atoms with Gasteiger partial charge in [0, 0.05) is 11.1 Å². The lowest BCUT2D eigenvalue weighted by molar-refractivity contribution is -0.139. The molecule has 43 heavy (non-hydrogen) atoms. The summed E-state index contributed by atoms with van der Waals surface area (Å²) in [4.78, 5) is 33.5. The highest BCUT2D eigenvalue weighted by atomic mass is 16.4. The number of aromatic nitrogens is 2. The first kappa shape index (κ1) is 27.7. The van der Waals surface area contributed by atoms with E-state index in [9.17, 15) is 19.8 Å². The number of aliphatic carboxylic acids is 1. The maximum Gasteiger partial charge on any atom is 0.330 e. The van der Waals surface area contributed by atoms with Crippen molar-refractivity contribution in [2.75, 3.05) is 0 Å². The summed E-state index contributed by atoms with van der Waals surface area (Å²) >= 11 is 0. The lowest BCUT2D eigenvalue weighted by Crippen LogP contribution is -2.33. The van der Waals surface area contributed by atoms with Crippen LogP contribution in [0.2, 0.25) is 0 Å². The fraction of sp³-hybridized carbons (Fsp3) is 0.139. The highest BCUT2D eigenvalue weighted by Gasteiger charge is 2.25. The first-order valence-corrected chi connectivity index (χ1v) is 14.0. The highest BCUT2D eigenvalue weighted by molar-refractivity contribution is 6.11. The molecule has 6 rings (SSSR count). The number of aromatic amines is 1. The minimum Gasteiger partial charge on any atom is -0.507 e. The summed E-state index contributed by atoms with van der Waals surface area (Å²) in [5, 5.41) is 24.6. The molecule has 7 heteroatoms. The number of nitrogens with zero attached hydrogens (tertiary/aromatic N) is 1. The Morgan fingerprint density at radius 1 is 0.837 bits per heavy atom. The number of hydrogen-bond acceptors (Lipinski definition) is 4. The normalized spacial score (nSPS) is 12.3. The van der Waals surface area contributed by atoms with E-state index in [1.54, 1.807) is 36.4 Å². The summed E-state index contributed by atoms with van der Waals surface area (Å²) in [6, 6.07) is 30.5. The number of nitrogens with one attached hydrogen (secondary N) is 2. The van der Waals surface area contributed by atoms with Gasteiger partial charge in [-0.05, 0) is 57.3 Å². The molecule has 1 atom stereocenters. The molecule has 1 amide bonds. The fourth-order valence-electron chi connectivity index (χ4n) is 5.52. The van der Waals surface area contributed by atoms with Gasteiger partial charge in [0.05, 0.1) is 10.9 Å². The molecule has 0 bridgehead atoms. The molecule has 5 aromatic carbocycles. The summed E-state index contributed by atoms with van der Waals surface area (Å²) in [5.74, 6) is -1.23. The molecule has 7 nitrogen and oxygen atoms in total. The number of phenols is 1. The number of hydrogen-bond donors (Lipinski definition) is 4. The van der Waals surface area contributed by atoms with E-state index in [1.807, 2.05) is 30.3 Å². The summed E-state index contributed by atoms with van der Waals surface area (Å²) in [6.07, 6.45) is 0. The quantitative estimate of drug-likeness (QED) is 0.165. The number of benzene rings is 5. The van der Waals surface area contributed by atoms with Crippen molar-refractivity contribution in [3.05, 3.63) is 120 Å². The number of fused-ring (bicyclic) bond motifs is 3. The topological polar surface area (TPSA) is 115 Å². The zero-order valence-electron chi connectivity index (χ0n) is 24.1. The molecule has 0 spiro atoms. The third-order valence-corrected chi connectivity index (χ3v) is 7.65. The number of aromatic hydroxyl groups is 1. The first-order chi connectivity index (χ1) is 20.6. The van der Waals surface area contributed by atoms with Gasteiger partial charge in [-0.3, -0.25) is 4.79 Å². The molecule has 0 fully saturated rings. The number of amides is 1. The number of phenolic OH excluding ortho intramolecular Hbond substituents is 1. The SMILES string of the molecule is CC(C)(C)c1ccc(-c2ccccc2)cc1-c1nc2c(ccc3cc(C(=O)N[C@H](C(=O)O)c4ccccc4)cc(O)c32)[nH]1. The van der Waals surface area contributed by atoms with Gasteiger partial charge in [-0.15, -0.1) is 0 Å². The lowest BCUT2D eigenvalue weighted by Gasteiger charge is -2.23. The van der Waals surface area contributed by atoms with Crippen LogP contribution in [0.4, 0.5) is 0 Å². The van der Waals surface area contributed by atoms with Crippen LogP contribution in [-0.4, -0.2) is 32.1 Å². The van der Waals surface area contributed by atoms with Gasteiger partial charge in [0.1, 0.15) is 17.1 Å². The number of H-pyrrole nitrogens is 1. The van der Waals surface area contributed by atoms with Gasteiger partial charge in [0.2, 0.25) is 0 Å². The Kier molecular flexibility index (Phi) is 6.94. The number of carboxylic acid groups (broad SMARTS) is 1. The molecule has 0 aliphatic rings. The smallest absolute Gasteiger partial charge is 0.330 e. The van der Waals surface area contributed by atoms with Crippen LogP contribution in [0.25, 0.3) is 44.3 Å². The molecule has 0 aliphatic carbocycles. The second-order valence-corrected chi connectivity index (χ2v) is 11.7. The largest absolute Gasteiger partial charge is 0.507 e. The molecule has 4 N–H and O–H groups in total. The van der Waals surface area contributed by atoms with Gasteiger partial charge in [0.15, 0.2) is 6.04 Å². The number of carbonyl (C=O) groups excluding carboxylic acids is 1. The Bertz CT molecular complexity index is 1990. The third kappa shape index (κ3) is 5.33. The highest BCUT2D eigenvalue weighted by Crippen LogP contribution is 2.38. The van der Waals surface area contributed by atoms with Gasteiger partial charge < -0.3 is 20.5 Å². The molecule has 0 unspecified atom stereocenters. The second kappa shape index (κ2) is 10.8. The van der Waals surface area contributed by atoms with E-state index in [-0.39, 0.29) is 16.7 Å². The van der Waals surface area contributed by atoms with Gasteiger partial charge in [-0.1, -0.05) is 99.6 Å². The summed E-state index contributed by atoms with van der Waals surface area (Å²) < 4.78 is 0. The minimum absolute atomic E-state index is 0.119. The molecule has 0 saturated carbocycles. The van der Waals surface area contributed by atoms with Crippen molar-refractivity contribution in [3.8, 4) is 28.3 Å². The van der Waals surface area contributed by atoms with Gasteiger partial charge >= 0.3 is 5.97 Å². The van der Waals surface area contributed by atoms with Crippen LogP contribution in [0.5, 0.6) is 5.75 Å². The molecule has 1 heterocycles. The van der Waals surface area contributed by atoms with Crippen molar-refractivity contribution in [1.82, 2.24) is 15.3 Å². The zero-order chi connectivity index (χ0) is 30.3. The van der Waals surface area contributed by atoms with Gasteiger partial charge in [0.25, 0.3) is 5.91 Å². The van der Waals surface area contributed by atoms with Crippen LogP contribution >= 0.6 is 0 Å². The number of imidazole rings is 1. The van der Waals surface area contributed by atoms with Crippen molar-refractivity contribution in [2.24, 2.45) is 0 Å². The first-order valence-electron chi connectivity index (χ1n) is 14.0. The molecule has 0 saturated heterocycles. The van der Waals surface area contributed by atoms with Crippen molar-refractivity contribution in [2.45, 2.75) is 32.2 Å². The Balaban J connectivity index is 1.42. The van der Waals surface area contributed by atoms with E-state index >= 15 is 0 Å². The summed E-state index contributed by atoms with van der Waals surface area (Å²) in [7, 11) is 0. The summed E-state index contributed by atoms with van der Waals surface area (Å²) in [5.41, 5.74) is 6.04. The number of rotatable bonds is 6. The predicted octanol–water partition coefficient (Wildman–Crippen LogP) is 7.61. The number of carboxylic acids is 1. The fourth-order valence-corrected chi connectivity index (χ4v) is 5.52. The van der Waals surface area contributed by atoms with Crippen molar-refractivity contribution in [3.63, 3.8) is 0 Å². The maximum atomic E-state index is 13.2. The van der Waals surface area contributed by atoms with Gasteiger partial charge in [-0.25, -0.2) is 9.78 Å². The van der Waals surface area contributed by atoms with Crippen molar-refractivity contribution >= 4 is 33.7 Å². The van der Waals surface area contributed by atoms with E-state index in [1.165, 1.54) is 6.07 Å². The Labute approximate surface area is 248 Å². The van der Waals surface area contributed by atoms with E-state index in [0.717, 1.165) is 27.8 Å². The molecular formula is C36H31N3O4. The van der Waals surface area contributed by atoms with Crippen LogP contribution in [0, 0.1) is 0 Å². The minimum atomic E-state index is -1.23. The molecule has 6 aromatic rings. The van der Waals surface area contributed by atoms with Crippen molar-refractivity contribution in [1.29, 1.82) is 0 Å². The van der Waals surface area contributed by atoms with E-state index in [0.29, 0.717) is 27.7 Å². The Hall–Kier alpha value is -5.43. The van der Waals surface area contributed by atoms with E-state index < -0.39 is 17.9 Å². The molecule has 0 aliphatic heterocycles. The molecular weight excluding hydrogens is 538 g/mol. The Morgan fingerprint density at radius 3 is 2.21 bits per heavy atom. The van der Waals surface area contributed by atoms with Crippen molar-refractivity contribution < 1.29 is 19.8 Å². The average molecular weight is 570 g/mol.